The Morgan fingerprint density at radius 2 is 2.14 bits per heavy atom. The van der Waals surface area contributed by atoms with Crippen LogP contribution in [0.15, 0.2) is 38.5 Å². The van der Waals surface area contributed by atoms with Crippen LogP contribution in [0.25, 0.3) is 0 Å². The summed E-state index contributed by atoms with van der Waals surface area (Å²) in [6, 6.07) is 5.17. The summed E-state index contributed by atoms with van der Waals surface area (Å²) >= 11 is 3.41. The largest absolute Gasteiger partial charge is 0.469 e. The molecule has 21 heavy (non-hydrogen) atoms. The molecule has 0 radical (unpaired) electrons. The zero-order valence-corrected chi connectivity index (χ0v) is 12.6. The molecule has 3 rings (SSSR count). The lowest BCUT2D eigenvalue weighted by atomic mass is 10.2. The van der Waals surface area contributed by atoms with Gasteiger partial charge in [0.1, 0.15) is 5.76 Å². The molecule has 0 spiro atoms. The highest BCUT2D eigenvalue weighted by molar-refractivity contribution is 9.10. The quantitative estimate of drug-likeness (QED) is 0.682. The molecule has 1 N–H and O–H groups in total. The van der Waals surface area contributed by atoms with Crippen LogP contribution in [0.3, 0.4) is 0 Å². The van der Waals surface area contributed by atoms with Crippen molar-refractivity contribution in [1.82, 2.24) is 5.43 Å². The van der Waals surface area contributed by atoms with E-state index in [-0.39, 0.29) is 12.7 Å². The van der Waals surface area contributed by atoms with Gasteiger partial charge in [0, 0.05) is 10.0 Å². The van der Waals surface area contributed by atoms with Crippen molar-refractivity contribution in [1.29, 1.82) is 0 Å². The highest BCUT2D eigenvalue weighted by Gasteiger charge is 2.15. The highest BCUT2D eigenvalue weighted by Crippen LogP contribution is 2.36. The summed E-state index contributed by atoms with van der Waals surface area (Å²) in [7, 11) is 0. The maximum atomic E-state index is 11.8. The minimum atomic E-state index is -0.325. The van der Waals surface area contributed by atoms with Gasteiger partial charge in [-0.1, -0.05) is 0 Å². The van der Waals surface area contributed by atoms with Crippen molar-refractivity contribution in [2.45, 2.75) is 6.92 Å². The van der Waals surface area contributed by atoms with Crippen LogP contribution in [0, 0.1) is 6.92 Å². The Bertz CT molecular complexity index is 724. The van der Waals surface area contributed by atoms with Crippen molar-refractivity contribution in [2.75, 3.05) is 6.79 Å². The molecule has 0 unspecified atom stereocenters. The van der Waals surface area contributed by atoms with Crippen LogP contribution in [-0.2, 0) is 0 Å². The van der Waals surface area contributed by atoms with Crippen LogP contribution >= 0.6 is 15.9 Å². The minimum absolute atomic E-state index is 0.207. The summed E-state index contributed by atoms with van der Waals surface area (Å²) < 4.78 is 16.4. The first kappa shape index (κ1) is 13.7. The van der Waals surface area contributed by atoms with Crippen molar-refractivity contribution in [2.24, 2.45) is 5.10 Å². The number of benzene rings is 1. The summed E-state index contributed by atoms with van der Waals surface area (Å²) in [6.07, 6.45) is 2.99. The number of carbonyl (C=O) groups is 1. The Hall–Kier alpha value is -2.28. The average molecular weight is 351 g/mol. The van der Waals surface area contributed by atoms with Crippen molar-refractivity contribution < 1.29 is 18.7 Å². The number of hydrogen-bond acceptors (Lipinski definition) is 5. The van der Waals surface area contributed by atoms with Crippen LogP contribution in [-0.4, -0.2) is 18.9 Å². The number of amides is 1. The third-order valence-electron chi connectivity index (χ3n) is 2.97. The molecule has 0 aliphatic carbocycles. The van der Waals surface area contributed by atoms with Gasteiger partial charge in [-0.2, -0.15) is 5.10 Å². The van der Waals surface area contributed by atoms with E-state index in [1.807, 2.05) is 0 Å². The van der Waals surface area contributed by atoms with Gasteiger partial charge in [0.2, 0.25) is 6.79 Å². The molecule has 2 aromatic rings. The topological polar surface area (TPSA) is 73.1 Å². The maximum absolute atomic E-state index is 11.8. The Balaban J connectivity index is 1.72. The molecule has 108 valence electrons. The summed E-state index contributed by atoms with van der Waals surface area (Å²) in [4.78, 5) is 11.8. The van der Waals surface area contributed by atoms with E-state index in [0.717, 1.165) is 10.0 Å². The minimum Gasteiger partial charge on any atom is -0.469 e. The fourth-order valence-electron chi connectivity index (χ4n) is 1.87. The standard InChI is InChI=1S/C14H11BrN2O4/c1-8-10(2-3-19-8)14(18)17-16-6-9-4-12-13(5-11(9)15)21-7-20-12/h2-6H,7H2,1H3,(H,17,18)/b16-6+. The van der Waals surface area contributed by atoms with E-state index in [0.29, 0.717) is 22.8 Å². The molecular weight excluding hydrogens is 340 g/mol. The first-order chi connectivity index (χ1) is 10.1. The Morgan fingerprint density at radius 1 is 1.38 bits per heavy atom. The zero-order chi connectivity index (χ0) is 14.8. The Morgan fingerprint density at radius 3 is 2.86 bits per heavy atom. The molecule has 6 nitrogen and oxygen atoms in total. The van der Waals surface area contributed by atoms with Gasteiger partial charge in [0.25, 0.3) is 5.91 Å². The van der Waals surface area contributed by atoms with Gasteiger partial charge in [-0.05, 0) is 41.1 Å². The van der Waals surface area contributed by atoms with Gasteiger partial charge < -0.3 is 13.9 Å². The lowest BCUT2D eigenvalue weighted by Gasteiger charge is -2.02. The van der Waals surface area contributed by atoms with Crippen LogP contribution < -0.4 is 14.9 Å². The third-order valence-corrected chi connectivity index (χ3v) is 3.65. The molecule has 2 heterocycles. The number of ether oxygens (including phenoxy) is 2. The van der Waals surface area contributed by atoms with Crippen LogP contribution in [0.4, 0.5) is 0 Å². The van der Waals surface area contributed by atoms with Gasteiger partial charge in [-0.25, -0.2) is 5.43 Å². The third kappa shape index (κ3) is 2.78. The van der Waals surface area contributed by atoms with Gasteiger partial charge in [0.15, 0.2) is 11.5 Å². The fourth-order valence-corrected chi connectivity index (χ4v) is 2.30. The van der Waals surface area contributed by atoms with Gasteiger partial charge in [-0.15, -0.1) is 0 Å². The van der Waals surface area contributed by atoms with Crippen LogP contribution in [0.5, 0.6) is 11.5 Å². The smallest absolute Gasteiger partial charge is 0.274 e. The molecule has 0 bridgehead atoms. The monoisotopic (exact) mass is 350 g/mol. The van der Waals surface area contributed by atoms with Crippen molar-refractivity contribution >= 4 is 28.1 Å². The van der Waals surface area contributed by atoms with E-state index in [2.05, 4.69) is 26.5 Å². The van der Waals surface area contributed by atoms with E-state index < -0.39 is 0 Å². The van der Waals surface area contributed by atoms with E-state index in [1.165, 1.54) is 12.5 Å². The van der Waals surface area contributed by atoms with E-state index in [4.69, 9.17) is 13.9 Å². The normalized spacial score (nSPS) is 12.9. The number of aryl methyl sites for hydroxylation is 1. The van der Waals surface area contributed by atoms with Crippen molar-refractivity contribution in [3.05, 3.63) is 45.8 Å². The summed E-state index contributed by atoms with van der Waals surface area (Å²) in [5.74, 6) is 1.55. The average Bonchev–Trinajstić information content (AvgIpc) is 3.07. The molecular formula is C14H11BrN2O4. The zero-order valence-electron chi connectivity index (χ0n) is 11.1. The predicted molar refractivity (Wildman–Crippen MR) is 78.8 cm³/mol. The van der Waals surface area contributed by atoms with Crippen LogP contribution in [0.1, 0.15) is 21.7 Å². The number of carbonyl (C=O) groups excluding carboxylic acids is 1. The number of hydrogen-bond donors (Lipinski definition) is 1. The molecule has 1 amide bonds. The van der Waals surface area contributed by atoms with E-state index >= 15 is 0 Å². The lowest BCUT2D eigenvalue weighted by Crippen LogP contribution is -2.17. The molecule has 0 fully saturated rings. The molecule has 1 aromatic heterocycles. The fraction of sp³-hybridized carbons (Fsp3) is 0.143. The number of rotatable bonds is 3. The van der Waals surface area contributed by atoms with Crippen molar-refractivity contribution in [3.63, 3.8) is 0 Å². The van der Waals surface area contributed by atoms with Gasteiger partial charge in [0.05, 0.1) is 18.0 Å². The second-order valence-electron chi connectivity index (χ2n) is 4.32. The molecule has 1 aliphatic heterocycles. The van der Waals surface area contributed by atoms with Crippen molar-refractivity contribution in [3.8, 4) is 11.5 Å². The van der Waals surface area contributed by atoms with Crippen LogP contribution in [0.2, 0.25) is 0 Å². The molecule has 7 heteroatoms. The number of fused-ring (bicyclic) bond motifs is 1. The molecule has 1 aliphatic rings. The first-order valence-electron chi connectivity index (χ1n) is 6.12. The molecule has 1 aromatic carbocycles. The summed E-state index contributed by atoms with van der Waals surface area (Å²) in [6.45, 7) is 1.92. The SMILES string of the molecule is Cc1occc1C(=O)N/N=C/c1cc2c(cc1Br)OCO2. The molecule has 0 saturated carbocycles. The summed E-state index contributed by atoms with van der Waals surface area (Å²) in [5.41, 5.74) is 3.67. The molecule has 0 saturated heterocycles. The number of nitrogens with zero attached hydrogens (tertiary/aromatic N) is 1. The van der Waals surface area contributed by atoms with Gasteiger partial charge in [-0.3, -0.25) is 4.79 Å². The number of halogens is 1. The first-order valence-corrected chi connectivity index (χ1v) is 6.91. The Kier molecular flexibility index (Phi) is 3.66. The second-order valence-corrected chi connectivity index (χ2v) is 5.17. The number of nitrogens with one attached hydrogen (secondary N) is 1. The number of furan rings is 1. The Labute approximate surface area is 128 Å². The summed E-state index contributed by atoms with van der Waals surface area (Å²) in [5, 5.41) is 3.93. The van der Waals surface area contributed by atoms with E-state index in [9.17, 15) is 4.79 Å². The molecule has 0 atom stereocenters. The predicted octanol–water partition coefficient (Wildman–Crippen LogP) is 2.84. The van der Waals surface area contributed by atoms with E-state index in [1.54, 1.807) is 25.1 Å². The number of hydrazone groups is 1. The maximum Gasteiger partial charge on any atom is 0.274 e. The highest BCUT2D eigenvalue weighted by atomic mass is 79.9. The van der Waals surface area contributed by atoms with Gasteiger partial charge >= 0.3 is 0 Å². The lowest BCUT2D eigenvalue weighted by molar-refractivity contribution is 0.0953. The second kappa shape index (κ2) is 5.61.